The Bertz CT molecular complexity index is 2420. The number of halogens is 4. The first-order valence-electron chi connectivity index (χ1n) is 17.3. The number of ketones is 2. The van der Waals surface area contributed by atoms with E-state index in [1.807, 2.05) is 0 Å². The SMILES string of the molecule is COC1(C)CCn2cc(C(=O)NCc3ccc(F)cc3F)c(=O)c(O)c2C1=O.COc1c2n(cc(C(=O)NCc3ccc(F)cc3F)c1=O)CCC(C)(OC)C2=O. The lowest BCUT2D eigenvalue weighted by Crippen LogP contribution is -2.45. The molecular weight excluding hydrogens is 760 g/mol. The highest BCUT2D eigenvalue weighted by atomic mass is 19.1. The number of aromatic hydroxyl groups is 1. The highest BCUT2D eigenvalue weighted by Crippen LogP contribution is 2.32. The van der Waals surface area contributed by atoms with Gasteiger partial charge in [-0.25, -0.2) is 17.6 Å². The Kier molecular flexibility index (Phi) is 12.2. The summed E-state index contributed by atoms with van der Waals surface area (Å²) in [6.07, 6.45) is 3.10. The topological polar surface area (TPSA) is 184 Å². The minimum absolute atomic E-state index is 0.0306. The maximum atomic E-state index is 13.7. The average Bonchev–Trinajstić information content (AvgIpc) is 3.18. The Hall–Kier alpha value is -6.14. The van der Waals surface area contributed by atoms with Crippen molar-refractivity contribution in [2.24, 2.45) is 0 Å². The molecular formula is C39H38F4N4O10. The van der Waals surface area contributed by atoms with Gasteiger partial charge in [0.05, 0.1) is 7.11 Å². The van der Waals surface area contributed by atoms with E-state index in [2.05, 4.69) is 10.6 Å². The van der Waals surface area contributed by atoms with Crippen molar-refractivity contribution in [3.63, 3.8) is 0 Å². The summed E-state index contributed by atoms with van der Waals surface area (Å²) >= 11 is 0. The molecule has 0 fully saturated rings. The maximum absolute atomic E-state index is 13.7. The fourth-order valence-electron chi connectivity index (χ4n) is 6.28. The average molecular weight is 799 g/mol. The monoisotopic (exact) mass is 798 g/mol. The molecule has 0 saturated heterocycles. The summed E-state index contributed by atoms with van der Waals surface area (Å²) in [5.74, 6) is -6.82. The molecule has 6 rings (SSSR count). The Labute approximate surface area is 322 Å². The van der Waals surface area contributed by atoms with Crippen LogP contribution in [0.1, 0.15) is 79.5 Å². The molecule has 4 heterocycles. The number of fused-ring (bicyclic) bond motifs is 2. The lowest BCUT2D eigenvalue weighted by Gasteiger charge is -2.33. The minimum Gasteiger partial charge on any atom is -0.503 e. The van der Waals surface area contributed by atoms with Gasteiger partial charge < -0.3 is 39.1 Å². The zero-order valence-corrected chi connectivity index (χ0v) is 31.4. The van der Waals surface area contributed by atoms with Crippen LogP contribution in [0, 0.1) is 23.3 Å². The van der Waals surface area contributed by atoms with Gasteiger partial charge in [-0.15, -0.1) is 0 Å². The largest absolute Gasteiger partial charge is 0.503 e. The van der Waals surface area contributed by atoms with Crippen LogP contribution in [-0.4, -0.2) is 70.2 Å². The normalized spacial score (nSPS) is 18.5. The van der Waals surface area contributed by atoms with Crippen LogP contribution in [0.4, 0.5) is 17.6 Å². The second-order valence-corrected chi connectivity index (χ2v) is 13.6. The number of rotatable bonds is 9. The van der Waals surface area contributed by atoms with Crippen LogP contribution in [0.3, 0.4) is 0 Å². The zero-order chi connectivity index (χ0) is 42.0. The Morgan fingerprint density at radius 2 is 1.12 bits per heavy atom. The molecule has 2 aliphatic heterocycles. The molecule has 2 aromatic heterocycles. The Balaban J connectivity index is 0.000000218. The number of pyridine rings is 2. The lowest BCUT2D eigenvalue weighted by atomic mass is 9.89. The molecule has 2 atom stereocenters. The molecule has 3 N–H and O–H groups in total. The fraction of sp³-hybridized carbons (Fsp3) is 0.333. The molecule has 57 heavy (non-hydrogen) atoms. The summed E-state index contributed by atoms with van der Waals surface area (Å²) in [5, 5.41) is 15.0. The molecule has 2 unspecified atom stereocenters. The van der Waals surface area contributed by atoms with Crippen LogP contribution < -0.4 is 26.2 Å². The third-order valence-electron chi connectivity index (χ3n) is 10.0. The van der Waals surface area contributed by atoms with Gasteiger partial charge >= 0.3 is 0 Å². The van der Waals surface area contributed by atoms with E-state index in [4.69, 9.17) is 14.2 Å². The number of methoxy groups -OCH3 is 3. The molecule has 2 amide bonds. The number of carbonyl (C=O) groups excluding carboxylic acids is 4. The summed E-state index contributed by atoms with van der Waals surface area (Å²) in [7, 11) is 4.01. The van der Waals surface area contributed by atoms with Crippen molar-refractivity contribution in [2.75, 3.05) is 21.3 Å². The number of benzene rings is 2. The Morgan fingerprint density at radius 1 is 0.702 bits per heavy atom. The van der Waals surface area contributed by atoms with Gasteiger partial charge in [-0.3, -0.25) is 28.8 Å². The van der Waals surface area contributed by atoms with E-state index in [9.17, 15) is 51.4 Å². The molecule has 4 aromatic rings. The molecule has 0 bridgehead atoms. The number of nitrogens with one attached hydrogen (secondary N) is 2. The van der Waals surface area contributed by atoms with Gasteiger partial charge in [-0.2, -0.15) is 0 Å². The third kappa shape index (κ3) is 8.22. The van der Waals surface area contributed by atoms with Crippen LogP contribution in [0.2, 0.25) is 0 Å². The molecule has 2 aliphatic rings. The number of carbonyl (C=O) groups is 4. The van der Waals surface area contributed by atoms with Crippen molar-refractivity contribution >= 4 is 23.4 Å². The summed E-state index contributed by atoms with van der Waals surface area (Å²) in [6, 6.07) is 5.88. The van der Waals surface area contributed by atoms with E-state index in [0.717, 1.165) is 12.1 Å². The number of aryl methyl sites for hydroxylation is 2. The number of hydrogen-bond acceptors (Lipinski definition) is 10. The quantitative estimate of drug-likeness (QED) is 0.211. The van der Waals surface area contributed by atoms with Crippen LogP contribution in [0.15, 0.2) is 58.4 Å². The fourth-order valence-corrected chi connectivity index (χ4v) is 6.28. The smallest absolute Gasteiger partial charge is 0.257 e. The van der Waals surface area contributed by atoms with Crippen molar-refractivity contribution in [3.05, 3.63) is 126 Å². The second kappa shape index (κ2) is 16.5. The first-order chi connectivity index (χ1) is 26.9. The van der Waals surface area contributed by atoms with Crippen molar-refractivity contribution < 1.29 is 56.1 Å². The summed E-state index contributed by atoms with van der Waals surface area (Å²) < 4.78 is 71.8. The zero-order valence-electron chi connectivity index (χ0n) is 31.4. The van der Waals surface area contributed by atoms with E-state index in [0.29, 0.717) is 31.5 Å². The Morgan fingerprint density at radius 3 is 1.54 bits per heavy atom. The molecule has 302 valence electrons. The number of hydrogen-bond donors (Lipinski definition) is 3. The second-order valence-electron chi connectivity index (χ2n) is 13.6. The number of nitrogens with zero attached hydrogens (tertiary/aromatic N) is 2. The summed E-state index contributed by atoms with van der Waals surface area (Å²) in [4.78, 5) is 75.5. The highest BCUT2D eigenvalue weighted by Gasteiger charge is 2.43. The predicted octanol–water partition coefficient (Wildman–Crippen LogP) is 3.81. The van der Waals surface area contributed by atoms with E-state index in [1.165, 1.54) is 55.0 Å². The van der Waals surface area contributed by atoms with E-state index < -0.39 is 80.0 Å². The maximum Gasteiger partial charge on any atom is 0.257 e. The first kappa shape index (κ1) is 42.0. The molecule has 0 radical (unpaired) electrons. The number of ether oxygens (including phenoxy) is 3. The van der Waals surface area contributed by atoms with Crippen LogP contribution in [-0.2, 0) is 35.7 Å². The predicted molar refractivity (Wildman–Crippen MR) is 193 cm³/mol. The highest BCUT2D eigenvalue weighted by molar-refractivity contribution is 6.05. The van der Waals surface area contributed by atoms with Gasteiger partial charge in [0.15, 0.2) is 11.5 Å². The van der Waals surface area contributed by atoms with E-state index >= 15 is 0 Å². The third-order valence-corrected chi connectivity index (χ3v) is 10.0. The molecule has 18 heteroatoms. The van der Waals surface area contributed by atoms with Gasteiger partial charge in [-0.05, 0) is 26.0 Å². The summed E-state index contributed by atoms with van der Waals surface area (Å²) in [6.45, 7) is 3.23. The van der Waals surface area contributed by atoms with Gasteiger partial charge in [0, 0.05) is 88.9 Å². The van der Waals surface area contributed by atoms with Crippen LogP contribution in [0.5, 0.6) is 11.5 Å². The van der Waals surface area contributed by atoms with Crippen molar-refractivity contribution in [2.45, 2.75) is 64.1 Å². The molecule has 14 nitrogen and oxygen atoms in total. The number of aromatic nitrogens is 2. The number of amides is 2. The van der Waals surface area contributed by atoms with Gasteiger partial charge in [0.25, 0.3) is 11.8 Å². The number of Topliss-reactive ketones (excluding diaryl/α,β-unsaturated/α-hetero) is 2. The minimum atomic E-state index is -1.17. The lowest BCUT2D eigenvalue weighted by molar-refractivity contribution is -0.000930. The first-order valence-corrected chi connectivity index (χ1v) is 17.3. The molecule has 2 aromatic carbocycles. The van der Waals surface area contributed by atoms with E-state index in [-0.39, 0.29) is 53.5 Å². The van der Waals surface area contributed by atoms with Gasteiger partial charge in [0.1, 0.15) is 57.0 Å². The molecule has 0 aliphatic carbocycles. The standard InChI is InChI=1S/C20H20F2N2O5.C19H18F2N2O5/c1-20(29-3)6-7-24-10-13(16(25)17(28-2)15(24)18(20)26)19(27)23-9-11-4-5-12(21)8-14(11)22;1-19(28-2)5-6-23-9-12(15(24)16(25)14(23)17(19)26)18(27)22-8-10-3-4-11(20)7-13(10)21/h4-5,8,10H,6-7,9H2,1-3H3,(H,23,27);3-4,7,9,25H,5-6,8H2,1-2H3,(H,22,27). The van der Waals surface area contributed by atoms with Crippen LogP contribution in [0.25, 0.3) is 0 Å². The van der Waals surface area contributed by atoms with Gasteiger partial charge in [-0.1, -0.05) is 12.1 Å². The van der Waals surface area contributed by atoms with E-state index in [1.54, 1.807) is 13.8 Å². The molecule has 0 spiro atoms. The van der Waals surface area contributed by atoms with Crippen LogP contribution >= 0.6 is 0 Å². The summed E-state index contributed by atoms with van der Waals surface area (Å²) in [5.41, 5.74) is -4.77. The molecule has 0 saturated carbocycles. The van der Waals surface area contributed by atoms with Crippen molar-refractivity contribution in [1.82, 2.24) is 19.8 Å². The van der Waals surface area contributed by atoms with Crippen molar-refractivity contribution in [1.29, 1.82) is 0 Å². The van der Waals surface area contributed by atoms with Gasteiger partial charge in [0.2, 0.25) is 22.4 Å². The van der Waals surface area contributed by atoms with Crippen molar-refractivity contribution in [3.8, 4) is 11.5 Å².